The Morgan fingerprint density at radius 1 is 1.10 bits per heavy atom. The average Bonchev–Trinajstić information content (AvgIpc) is 3.53. The van der Waals surface area contributed by atoms with E-state index in [4.69, 9.17) is 28.9 Å². The third-order valence-electron chi connectivity index (χ3n) is 5.66. The van der Waals surface area contributed by atoms with Crippen LogP contribution in [0.3, 0.4) is 0 Å². The number of rotatable bonds is 6. The molecule has 31 heavy (non-hydrogen) atoms. The van der Waals surface area contributed by atoms with Crippen molar-refractivity contribution in [3.05, 3.63) is 63.6 Å². The van der Waals surface area contributed by atoms with E-state index in [1.165, 1.54) is 0 Å². The first-order chi connectivity index (χ1) is 14.8. The maximum Gasteiger partial charge on any atom is 0.273 e. The Labute approximate surface area is 190 Å². The van der Waals surface area contributed by atoms with Gasteiger partial charge in [-0.25, -0.2) is 0 Å². The van der Waals surface area contributed by atoms with Crippen molar-refractivity contribution < 1.29 is 14.4 Å². The Kier molecular flexibility index (Phi) is 5.86. The molecule has 0 radical (unpaired) electrons. The number of aryl methyl sites for hydroxylation is 1. The summed E-state index contributed by atoms with van der Waals surface area (Å²) in [5, 5.41) is 1.02. The molecule has 0 spiro atoms. The predicted octanol–water partition coefficient (Wildman–Crippen LogP) is 3.91. The van der Waals surface area contributed by atoms with Crippen molar-refractivity contribution in [2.75, 3.05) is 11.4 Å². The van der Waals surface area contributed by atoms with Crippen molar-refractivity contribution in [3.8, 4) is 0 Å². The molecule has 0 bridgehead atoms. The summed E-state index contributed by atoms with van der Waals surface area (Å²) in [4.78, 5) is 44.1. The number of nitrogens with two attached hydrogens (primary N) is 1. The molecule has 2 fully saturated rings. The van der Waals surface area contributed by atoms with E-state index in [-0.39, 0.29) is 24.0 Å². The van der Waals surface area contributed by atoms with Crippen molar-refractivity contribution >= 4 is 52.2 Å². The largest absolute Gasteiger partial charge is 0.368 e. The number of halogens is 2. The number of nitrogens with zero attached hydrogens (tertiary/aromatic N) is 2. The van der Waals surface area contributed by atoms with Crippen LogP contribution in [-0.4, -0.2) is 29.9 Å². The van der Waals surface area contributed by atoms with Crippen LogP contribution >= 0.6 is 23.2 Å². The third kappa shape index (κ3) is 4.23. The van der Waals surface area contributed by atoms with Crippen LogP contribution < -0.4 is 10.6 Å². The highest BCUT2D eigenvalue weighted by Gasteiger charge is 2.53. The number of carbonyl (C=O) groups is 3. The number of hydrogen-bond donors (Lipinski definition) is 1. The Morgan fingerprint density at radius 2 is 1.74 bits per heavy atom. The number of aliphatic imine (C=N–C) groups is 1. The first kappa shape index (κ1) is 21.5. The van der Waals surface area contributed by atoms with Gasteiger partial charge in [-0.3, -0.25) is 24.3 Å². The minimum atomic E-state index is -0.807. The van der Waals surface area contributed by atoms with Crippen LogP contribution in [-0.2, 0) is 14.4 Å². The molecule has 8 heteroatoms. The lowest BCUT2D eigenvalue weighted by Crippen LogP contribution is -2.31. The summed E-state index contributed by atoms with van der Waals surface area (Å²) in [5.41, 5.74) is 7.51. The summed E-state index contributed by atoms with van der Waals surface area (Å²) < 4.78 is 0. The lowest BCUT2D eigenvalue weighted by atomic mass is 9.86. The molecule has 2 aromatic carbocycles. The molecule has 2 N–H and O–H groups in total. The molecule has 2 aliphatic rings. The van der Waals surface area contributed by atoms with Gasteiger partial charge in [0, 0.05) is 21.7 Å². The Bertz CT molecular complexity index is 1090. The van der Waals surface area contributed by atoms with Crippen molar-refractivity contribution in [2.24, 2.45) is 22.6 Å². The number of carbonyl (C=O) groups excluding carboxylic acids is 3. The van der Waals surface area contributed by atoms with Gasteiger partial charge in [0.25, 0.3) is 5.91 Å². The summed E-state index contributed by atoms with van der Waals surface area (Å²) in [6, 6.07) is 11.7. The van der Waals surface area contributed by atoms with E-state index in [1.54, 1.807) is 41.3 Å². The van der Waals surface area contributed by atoms with Gasteiger partial charge in [-0.2, -0.15) is 0 Å². The first-order valence-electron chi connectivity index (χ1n) is 9.99. The van der Waals surface area contributed by atoms with E-state index in [9.17, 15) is 14.4 Å². The van der Waals surface area contributed by atoms with Gasteiger partial charge in [0.1, 0.15) is 18.0 Å². The molecule has 6 nitrogen and oxygen atoms in total. The number of Topliss-reactive ketones (excluding diaryl/α,β-unsaturated/α-hetero) is 1. The Balaban J connectivity index is 1.92. The number of benzene rings is 2. The maximum absolute atomic E-state index is 13.6. The first-order valence-corrected chi connectivity index (χ1v) is 10.7. The SMILES string of the molecule is Cc1ccc(Cl)cc1N1C(=O)C(=NCC(N)=O)C(C(=O)C2CC2)C1c1ccc(Cl)cc1. The van der Waals surface area contributed by atoms with Crippen LogP contribution in [0.1, 0.15) is 30.0 Å². The van der Waals surface area contributed by atoms with Crippen molar-refractivity contribution in [3.63, 3.8) is 0 Å². The fourth-order valence-corrected chi connectivity index (χ4v) is 4.32. The zero-order valence-corrected chi connectivity index (χ0v) is 18.4. The predicted molar refractivity (Wildman–Crippen MR) is 121 cm³/mol. The summed E-state index contributed by atoms with van der Waals surface area (Å²) in [7, 11) is 0. The number of hydrogen-bond acceptors (Lipinski definition) is 4. The van der Waals surface area contributed by atoms with Crippen LogP contribution in [0.25, 0.3) is 0 Å². The second-order valence-electron chi connectivity index (χ2n) is 7.92. The zero-order valence-electron chi connectivity index (χ0n) is 16.8. The number of anilines is 1. The molecule has 160 valence electrons. The van der Waals surface area contributed by atoms with E-state index in [0.717, 1.165) is 24.0 Å². The smallest absolute Gasteiger partial charge is 0.273 e. The molecule has 1 saturated heterocycles. The minimum absolute atomic E-state index is 0.0429. The van der Waals surface area contributed by atoms with Gasteiger partial charge >= 0.3 is 0 Å². The molecule has 0 aromatic heterocycles. The highest BCUT2D eigenvalue weighted by Crippen LogP contribution is 2.46. The van der Waals surface area contributed by atoms with E-state index >= 15 is 0 Å². The Morgan fingerprint density at radius 3 is 2.35 bits per heavy atom. The van der Waals surface area contributed by atoms with Gasteiger partial charge in [0.05, 0.1) is 12.0 Å². The van der Waals surface area contributed by atoms with Crippen molar-refractivity contribution in [1.29, 1.82) is 0 Å². The lowest BCUT2D eigenvalue weighted by Gasteiger charge is -2.29. The lowest BCUT2D eigenvalue weighted by molar-refractivity contribution is -0.122. The summed E-state index contributed by atoms with van der Waals surface area (Å²) >= 11 is 12.3. The standard InChI is InChI=1S/C23H21Cl2N3O3/c1-12-2-7-16(25)10-17(12)28-21(13-5-8-15(24)9-6-13)19(22(30)14-3-4-14)20(23(28)31)27-11-18(26)29/h2,5-10,14,19,21H,3-4,11H2,1H3,(H2,26,29). The molecule has 2 aromatic rings. The van der Waals surface area contributed by atoms with E-state index in [1.807, 2.05) is 13.0 Å². The summed E-state index contributed by atoms with van der Waals surface area (Å²) in [6.07, 6.45) is 1.58. The zero-order chi connectivity index (χ0) is 22.3. The Hall–Kier alpha value is -2.70. The highest BCUT2D eigenvalue weighted by atomic mass is 35.5. The molecule has 2 atom stereocenters. The van der Waals surface area contributed by atoms with Gasteiger partial charge < -0.3 is 5.73 Å². The second kappa shape index (κ2) is 8.44. The van der Waals surface area contributed by atoms with Crippen LogP contribution in [0.2, 0.25) is 10.0 Å². The third-order valence-corrected chi connectivity index (χ3v) is 6.15. The van der Waals surface area contributed by atoms with Crippen LogP contribution in [0.5, 0.6) is 0 Å². The number of amides is 2. The molecule has 2 amide bonds. The minimum Gasteiger partial charge on any atom is -0.368 e. The molecule has 1 saturated carbocycles. The van der Waals surface area contributed by atoms with Crippen LogP contribution in [0.15, 0.2) is 47.5 Å². The normalized spacial score (nSPS) is 22.2. The summed E-state index contributed by atoms with van der Waals surface area (Å²) in [6.45, 7) is 1.51. The van der Waals surface area contributed by atoms with Crippen molar-refractivity contribution in [2.45, 2.75) is 25.8 Å². The van der Waals surface area contributed by atoms with Crippen molar-refractivity contribution in [1.82, 2.24) is 0 Å². The maximum atomic E-state index is 13.6. The highest BCUT2D eigenvalue weighted by molar-refractivity contribution is 6.50. The molecule has 2 unspecified atom stereocenters. The van der Waals surface area contributed by atoms with Crippen LogP contribution in [0.4, 0.5) is 5.69 Å². The second-order valence-corrected chi connectivity index (χ2v) is 8.80. The van der Waals surface area contributed by atoms with Gasteiger partial charge in [-0.05, 0) is 55.2 Å². The molecule has 1 aliphatic carbocycles. The molecular weight excluding hydrogens is 437 g/mol. The number of primary amides is 1. The monoisotopic (exact) mass is 457 g/mol. The molecular formula is C23H21Cl2N3O3. The van der Waals surface area contributed by atoms with Gasteiger partial charge in [-0.15, -0.1) is 0 Å². The quantitative estimate of drug-likeness (QED) is 0.712. The molecule has 4 rings (SSSR count). The topological polar surface area (TPSA) is 92.8 Å². The van der Waals surface area contributed by atoms with Gasteiger partial charge in [0.2, 0.25) is 5.91 Å². The summed E-state index contributed by atoms with van der Waals surface area (Å²) in [5.74, 6) is -2.05. The fraction of sp³-hybridized carbons (Fsp3) is 0.304. The molecule has 1 aliphatic heterocycles. The van der Waals surface area contributed by atoms with E-state index in [2.05, 4.69) is 4.99 Å². The fourth-order valence-electron chi connectivity index (χ4n) is 4.03. The number of ketones is 1. The van der Waals surface area contributed by atoms with Gasteiger partial charge in [0.15, 0.2) is 0 Å². The van der Waals surface area contributed by atoms with Gasteiger partial charge in [-0.1, -0.05) is 41.4 Å². The van der Waals surface area contributed by atoms with E-state index < -0.39 is 23.8 Å². The average molecular weight is 458 g/mol. The van der Waals surface area contributed by atoms with E-state index in [0.29, 0.717) is 15.7 Å². The molecule has 1 heterocycles. The van der Waals surface area contributed by atoms with Crippen LogP contribution in [0, 0.1) is 18.8 Å².